The number of hydrogen-bond donors (Lipinski definition) is 6. The maximum Gasteiger partial charge on any atom is 0.159 e. The van der Waals surface area contributed by atoms with Crippen molar-refractivity contribution in [2.45, 2.75) is 185 Å². The van der Waals surface area contributed by atoms with Gasteiger partial charge in [0, 0.05) is 29.9 Å². The molecule has 1 aromatic rings. The molecule has 7 N–H and O–H groups in total. The summed E-state index contributed by atoms with van der Waals surface area (Å²) >= 11 is 0. The number of aliphatic hydroxyl groups is 4. The fourth-order valence-electron chi connectivity index (χ4n) is 17.5. The van der Waals surface area contributed by atoms with Gasteiger partial charge in [0.25, 0.3) is 0 Å². The smallest absolute Gasteiger partial charge is 0.159 e. The van der Waals surface area contributed by atoms with E-state index >= 15 is 4.79 Å². The lowest BCUT2D eigenvalue weighted by atomic mass is 9.37. The summed E-state index contributed by atoms with van der Waals surface area (Å²) in [4.78, 5) is 15.1. The average molecular weight is 881 g/mol. The number of benzene rings is 1. The normalized spacial score (nSPS) is 45.3. The molecule has 9 nitrogen and oxygen atoms in total. The first-order chi connectivity index (χ1) is 30.4. The zero-order valence-corrected chi connectivity index (χ0v) is 39.7. The summed E-state index contributed by atoms with van der Waals surface area (Å²) in [6.07, 6.45) is 21.1. The number of carbonyl (C=O) groups excluding carboxylic acids is 1. The minimum atomic E-state index is -1.38. The molecule has 9 aliphatic rings. The molecular weight excluding hydrogens is 801 g/mol. The minimum absolute atomic E-state index is 0.0260. The van der Waals surface area contributed by atoms with Crippen LogP contribution in [0.25, 0.3) is 0 Å². The van der Waals surface area contributed by atoms with Crippen molar-refractivity contribution < 1.29 is 34.7 Å². The Balaban J connectivity index is 1.03. The second-order valence-electron chi connectivity index (χ2n) is 24.4. The van der Waals surface area contributed by atoms with E-state index in [9.17, 15) is 20.4 Å². The number of aliphatic hydroxyl groups excluding tert-OH is 2. The Bertz CT molecular complexity index is 2060. The molecular formula is C55H80N2O7. The summed E-state index contributed by atoms with van der Waals surface area (Å²) in [5.41, 5.74) is 4.36. The topological polar surface area (TPSA) is 158 Å². The highest BCUT2D eigenvalue weighted by Gasteiger charge is 2.78. The highest BCUT2D eigenvalue weighted by Crippen LogP contribution is 2.78. The number of rotatable bonds is 11. The Kier molecular flexibility index (Phi) is 11.1. The second kappa shape index (κ2) is 15.8. The molecule has 6 aliphatic carbocycles. The van der Waals surface area contributed by atoms with E-state index in [0.29, 0.717) is 56.0 Å². The Morgan fingerprint density at radius 1 is 0.969 bits per heavy atom. The van der Waals surface area contributed by atoms with Gasteiger partial charge in [-0.05, 0) is 178 Å². The zero-order valence-electron chi connectivity index (χ0n) is 39.7. The highest BCUT2D eigenvalue weighted by atomic mass is 16.6. The van der Waals surface area contributed by atoms with Gasteiger partial charge in [-0.2, -0.15) is 0 Å². The average Bonchev–Trinajstić information content (AvgIpc) is 3.73. The number of allylic oxidation sites excluding steroid dienone is 3. The fraction of sp³-hybridized carbons (Fsp3) is 0.764. The molecule has 9 heteroatoms. The van der Waals surface area contributed by atoms with E-state index < -0.39 is 45.9 Å². The van der Waals surface area contributed by atoms with Crippen LogP contribution in [0.2, 0.25) is 0 Å². The van der Waals surface area contributed by atoms with Crippen molar-refractivity contribution in [3.8, 4) is 0 Å². The number of dihydropyridines is 1. The first-order valence-corrected chi connectivity index (χ1v) is 25.6. The summed E-state index contributed by atoms with van der Waals surface area (Å²) in [6.45, 7) is 12.0. The third-order valence-electron chi connectivity index (χ3n) is 21.2. The van der Waals surface area contributed by atoms with Crippen LogP contribution < -0.4 is 11.1 Å². The number of nitrogens with two attached hydrogens (primary N) is 1. The van der Waals surface area contributed by atoms with E-state index in [-0.39, 0.29) is 46.9 Å². The number of hydrogen-bond acceptors (Lipinski definition) is 9. The SMILES string of the molecule is C[C@@H]1CCO[C@]([C@H]2CC[C@@]3(O)C4=CC(=O)[C@@H]5C[C@@H](O)C[C@@]6(CCC7(CCCC7)C6)[C@]5(C)[C@H]4[C@@H](CCc4ccccc4)C[C@]23C)([C@H]2O[C@@H]2[C@](C)(O)[C@](C)(CO)CCC2=CCNC(N)=C2)C1. The predicted octanol–water partition coefficient (Wildman–Crippen LogP) is 8.23. The van der Waals surface area contributed by atoms with Gasteiger partial charge in [0.2, 0.25) is 0 Å². The van der Waals surface area contributed by atoms with E-state index in [1.165, 1.54) is 37.7 Å². The van der Waals surface area contributed by atoms with Gasteiger partial charge >= 0.3 is 0 Å². The molecule has 0 unspecified atom stereocenters. The first kappa shape index (κ1) is 45.3. The summed E-state index contributed by atoms with van der Waals surface area (Å²) in [7, 11) is 0. The van der Waals surface area contributed by atoms with Crippen LogP contribution in [-0.4, -0.2) is 81.1 Å². The monoisotopic (exact) mass is 881 g/mol. The number of ether oxygens (including phenoxy) is 2. The van der Waals surface area contributed by atoms with Crippen LogP contribution in [0, 0.1) is 56.7 Å². The molecule has 0 amide bonds. The molecule has 7 fully saturated rings. The van der Waals surface area contributed by atoms with Crippen LogP contribution in [0.4, 0.5) is 0 Å². The number of ketones is 1. The molecule has 352 valence electrons. The largest absolute Gasteiger partial charge is 0.396 e. The predicted molar refractivity (Wildman–Crippen MR) is 248 cm³/mol. The van der Waals surface area contributed by atoms with Gasteiger partial charge in [-0.15, -0.1) is 0 Å². The molecule has 0 bridgehead atoms. The Labute approximate surface area is 383 Å². The summed E-state index contributed by atoms with van der Waals surface area (Å²) in [5.74, 6) is 0.969. The van der Waals surface area contributed by atoms with Crippen LogP contribution in [0.5, 0.6) is 0 Å². The van der Waals surface area contributed by atoms with Gasteiger partial charge in [0.1, 0.15) is 17.8 Å². The zero-order chi connectivity index (χ0) is 45.1. The van der Waals surface area contributed by atoms with Crippen molar-refractivity contribution in [1.82, 2.24) is 5.32 Å². The van der Waals surface area contributed by atoms with Gasteiger partial charge in [-0.3, -0.25) is 4.79 Å². The van der Waals surface area contributed by atoms with Gasteiger partial charge in [-0.1, -0.05) is 76.9 Å². The number of epoxide rings is 1. The van der Waals surface area contributed by atoms with Gasteiger partial charge in [0.15, 0.2) is 5.78 Å². The quantitative estimate of drug-likeness (QED) is 0.121. The first-order valence-electron chi connectivity index (χ1n) is 25.6. The third kappa shape index (κ3) is 6.68. The van der Waals surface area contributed by atoms with Gasteiger partial charge in [0.05, 0.1) is 29.7 Å². The molecule has 64 heavy (non-hydrogen) atoms. The maximum atomic E-state index is 15.1. The van der Waals surface area contributed by atoms with Gasteiger partial charge < -0.3 is 41.0 Å². The molecule has 0 radical (unpaired) electrons. The Morgan fingerprint density at radius 3 is 2.45 bits per heavy atom. The molecule has 3 aliphatic heterocycles. The molecule has 2 saturated heterocycles. The third-order valence-corrected chi connectivity index (χ3v) is 21.2. The van der Waals surface area contributed by atoms with Crippen LogP contribution in [0.15, 0.2) is 65.5 Å². The molecule has 2 spiro atoms. The molecule has 10 rings (SSSR count). The van der Waals surface area contributed by atoms with Crippen LogP contribution in [-0.2, 0) is 20.7 Å². The van der Waals surface area contributed by atoms with E-state index in [1.54, 1.807) is 0 Å². The molecule has 0 aromatic heterocycles. The van der Waals surface area contributed by atoms with Gasteiger partial charge in [-0.25, -0.2) is 0 Å². The van der Waals surface area contributed by atoms with Crippen molar-refractivity contribution in [2.24, 2.45) is 62.4 Å². The van der Waals surface area contributed by atoms with Crippen molar-refractivity contribution in [3.63, 3.8) is 0 Å². The standard InChI is InChI=1S/C55H80N2O7/c1-35-18-26-63-54(30-35,47-46(64-47)51(5,61)48(2,34-58)21-15-37-17-25-57-44(56)27-37)43-16-22-55(62)41-29-42(60)40-28-39(59)32-53(24-23-52(33-53)19-9-10-20-52)50(40,4)45(41)38(31-49(43,55)3)14-13-36-11-7-6-8-12-36/h6-8,11-12,17,27,29,35,38-40,43,45-47,57-59,61-62H,9-10,13-16,18-26,28,30-34,56H2,1-5H3/t35-,38+,39-,40+,43+,45+,46+,47+,48+,49-,50+,51+,53-,54-,55-/m1/s1. The van der Waals surface area contributed by atoms with E-state index in [4.69, 9.17) is 15.2 Å². The number of fused-ring (bicyclic) bond motifs is 6. The minimum Gasteiger partial charge on any atom is -0.396 e. The lowest BCUT2D eigenvalue weighted by Crippen LogP contribution is -2.68. The number of carbonyl (C=O) groups is 1. The van der Waals surface area contributed by atoms with E-state index in [1.807, 2.05) is 26.0 Å². The molecule has 3 heterocycles. The summed E-state index contributed by atoms with van der Waals surface area (Å²) in [6, 6.07) is 10.8. The molecule has 5 saturated carbocycles. The molecule has 1 aromatic carbocycles. The maximum absolute atomic E-state index is 15.1. The van der Waals surface area contributed by atoms with Crippen molar-refractivity contribution in [1.29, 1.82) is 0 Å². The fourth-order valence-corrected chi connectivity index (χ4v) is 17.5. The Morgan fingerprint density at radius 2 is 1.73 bits per heavy atom. The Hall–Kier alpha value is -2.53. The summed E-state index contributed by atoms with van der Waals surface area (Å²) < 4.78 is 14.1. The van der Waals surface area contributed by atoms with Crippen LogP contribution in [0.1, 0.15) is 149 Å². The highest BCUT2D eigenvalue weighted by molar-refractivity contribution is 5.95. The van der Waals surface area contributed by atoms with Crippen molar-refractivity contribution in [2.75, 3.05) is 19.8 Å². The van der Waals surface area contributed by atoms with Crippen molar-refractivity contribution in [3.05, 3.63) is 71.1 Å². The second-order valence-corrected chi connectivity index (χ2v) is 24.4. The van der Waals surface area contributed by atoms with Crippen LogP contribution in [0.3, 0.4) is 0 Å². The van der Waals surface area contributed by atoms with E-state index in [0.717, 1.165) is 68.9 Å². The van der Waals surface area contributed by atoms with E-state index in [2.05, 4.69) is 62.5 Å². The van der Waals surface area contributed by atoms with Crippen LogP contribution >= 0.6 is 0 Å². The number of nitrogens with one attached hydrogen (secondary N) is 1. The summed E-state index contributed by atoms with van der Waals surface area (Å²) in [5, 5.41) is 52.7. The van der Waals surface area contributed by atoms with Crippen molar-refractivity contribution >= 4 is 5.78 Å². The molecule has 15 atom stereocenters. The lowest BCUT2D eigenvalue weighted by molar-refractivity contribution is -0.212. The lowest BCUT2D eigenvalue weighted by Gasteiger charge is -2.68. The number of aryl methyl sites for hydroxylation is 1.